The van der Waals surface area contributed by atoms with Crippen molar-refractivity contribution >= 4 is 121 Å². The molecule has 5 nitrogen and oxygen atoms in total. The van der Waals surface area contributed by atoms with Crippen LogP contribution in [0.25, 0.3) is 110 Å². The van der Waals surface area contributed by atoms with Crippen LogP contribution < -0.4 is 9.80 Å². The van der Waals surface area contributed by atoms with E-state index in [4.69, 9.17) is 13.3 Å². The summed E-state index contributed by atoms with van der Waals surface area (Å²) in [6.07, 6.45) is 0. The number of anilines is 6. The first-order valence-electron chi connectivity index (χ1n) is 25.1. The van der Waals surface area contributed by atoms with Crippen molar-refractivity contribution in [1.82, 2.24) is 0 Å². The summed E-state index contributed by atoms with van der Waals surface area (Å²) in [5.41, 5.74) is 16.8. The van der Waals surface area contributed by atoms with Crippen molar-refractivity contribution in [3.63, 3.8) is 0 Å². The fraction of sp³-hybridized carbons (Fsp3) is 0.0145. The van der Waals surface area contributed by atoms with Gasteiger partial charge >= 0.3 is 0 Å². The Morgan fingerprint density at radius 1 is 0.270 bits per heavy atom. The summed E-state index contributed by atoms with van der Waals surface area (Å²) in [6, 6.07) is 88.3. The minimum atomic E-state index is 0.802. The molecule has 0 unspecified atom stereocenters. The third-order valence-corrected chi connectivity index (χ3v) is 15.0. The molecule has 12 aromatic carbocycles. The van der Waals surface area contributed by atoms with Crippen LogP contribution in [0.4, 0.5) is 34.1 Å². The first kappa shape index (κ1) is 41.9. The maximum absolute atomic E-state index is 7.29. The van der Waals surface area contributed by atoms with Gasteiger partial charge in [-0.25, -0.2) is 0 Å². The summed E-state index contributed by atoms with van der Waals surface area (Å²) in [4.78, 5) is 4.73. The van der Waals surface area contributed by atoms with E-state index in [2.05, 4.69) is 241 Å². The van der Waals surface area contributed by atoms with Gasteiger partial charge < -0.3 is 23.1 Å². The summed E-state index contributed by atoms with van der Waals surface area (Å²) < 4.78 is 20.4. The van der Waals surface area contributed by atoms with Gasteiger partial charge in [0, 0.05) is 66.3 Å². The lowest BCUT2D eigenvalue weighted by atomic mass is 9.93. The standard InChI is InChI=1S/C69H44N2O3/c1-43-18-16-27-53-57-40-46(70(59-29-12-8-23-49(59)44-19-4-2-5-20-44)47-36-39-64-58(41-47)52-26-11-14-32-62(52)72-64)34-37-55(57)69-67(66(43)53)56-38-35-48(42-65(56)74-69)71(60-30-13-9-24-50(60)45-21-6-3-7-22-45)61-31-17-28-54-51-25-10-15-33-63(51)73-68(54)61/h2-42H,1H3. The van der Waals surface area contributed by atoms with Crippen molar-refractivity contribution in [2.24, 2.45) is 0 Å². The van der Waals surface area contributed by atoms with E-state index < -0.39 is 0 Å². The number of hydrogen-bond acceptors (Lipinski definition) is 5. The van der Waals surface area contributed by atoms with Gasteiger partial charge in [-0.15, -0.1) is 0 Å². The van der Waals surface area contributed by atoms with Gasteiger partial charge in [0.2, 0.25) is 0 Å². The van der Waals surface area contributed by atoms with Crippen LogP contribution in [0.15, 0.2) is 262 Å². The third-order valence-electron chi connectivity index (χ3n) is 15.0. The molecule has 15 aromatic rings. The van der Waals surface area contributed by atoms with Crippen LogP contribution in [0, 0.1) is 6.92 Å². The summed E-state index contributed by atoms with van der Waals surface area (Å²) in [5, 5.41) is 11.0. The molecule has 0 spiro atoms. The molecule has 0 bridgehead atoms. The summed E-state index contributed by atoms with van der Waals surface area (Å²) in [7, 11) is 0. The lowest BCUT2D eigenvalue weighted by Crippen LogP contribution is -2.11. The molecule has 0 aliphatic rings. The van der Waals surface area contributed by atoms with E-state index in [1.165, 1.54) is 16.3 Å². The van der Waals surface area contributed by atoms with Gasteiger partial charge in [0.25, 0.3) is 0 Å². The third kappa shape index (κ3) is 6.50. The van der Waals surface area contributed by atoms with Gasteiger partial charge in [-0.3, -0.25) is 0 Å². The lowest BCUT2D eigenvalue weighted by molar-refractivity contribution is 0.668. The second-order valence-corrected chi connectivity index (χ2v) is 19.2. The number of fused-ring (bicyclic) bond motifs is 14. The van der Waals surface area contributed by atoms with Crippen molar-refractivity contribution in [3.8, 4) is 22.3 Å². The van der Waals surface area contributed by atoms with E-state index in [-0.39, 0.29) is 0 Å². The van der Waals surface area contributed by atoms with E-state index in [9.17, 15) is 0 Å². The quantitative estimate of drug-likeness (QED) is 0.142. The zero-order valence-electron chi connectivity index (χ0n) is 40.3. The van der Waals surface area contributed by atoms with Gasteiger partial charge in [0.15, 0.2) is 5.58 Å². The SMILES string of the molecule is Cc1cccc2c3cc(N(c4ccc5oc6ccccc6c5c4)c4ccccc4-c4ccccc4)ccc3c3oc4cc(N(c5ccccc5-c5ccccc5)c5cccc6c5oc5ccccc56)ccc4c3c12. The highest BCUT2D eigenvalue weighted by Gasteiger charge is 2.26. The molecule has 0 amide bonds. The van der Waals surface area contributed by atoms with Gasteiger partial charge in [0.1, 0.15) is 27.9 Å². The van der Waals surface area contributed by atoms with Crippen LogP contribution in [0.5, 0.6) is 0 Å². The monoisotopic (exact) mass is 948 g/mol. The second-order valence-electron chi connectivity index (χ2n) is 19.2. The Morgan fingerprint density at radius 3 is 1.49 bits per heavy atom. The first-order chi connectivity index (χ1) is 36.6. The topological polar surface area (TPSA) is 45.9 Å². The van der Waals surface area contributed by atoms with E-state index in [0.29, 0.717) is 0 Å². The van der Waals surface area contributed by atoms with E-state index in [0.717, 1.165) is 133 Å². The van der Waals surface area contributed by atoms with Crippen LogP contribution in [0.3, 0.4) is 0 Å². The fourth-order valence-electron chi connectivity index (χ4n) is 11.6. The highest BCUT2D eigenvalue weighted by Crippen LogP contribution is 2.50. The molecular weight excluding hydrogens is 905 g/mol. The zero-order chi connectivity index (χ0) is 48.9. The van der Waals surface area contributed by atoms with Crippen LogP contribution in [0.1, 0.15) is 5.56 Å². The Bertz CT molecular complexity index is 4700. The average molecular weight is 949 g/mol. The number of benzene rings is 12. The van der Waals surface area contributed by atoms with Crippen molar-refractivity contribution in [3.05, 3.63) is 254 Å². The minimum absolute atomic E-state index is 0.802. The van der Waals surface area contributed by atoms with E-state index in [1.807, 2.05) is 24.3 Å². The Labute approximate surface area is 425 Å². The lowest BCUT2D eigenvalue weighted by Gasteiger charge is -2.28. The molecule has 3 aromatic heterocycles. The van der Waals surface area contributed by atoms with Crippen molar-refractivity contribution in [1.29, 1.82) is 0 Å². The number of hydrogen-bond donors (Lipinski definition) is 0. The smallest absolute Gasteiger partial charge is 0.159 e. The zero-order valence-corrected chi connectivity index (χ0v) is 40.3. The second kappa shape index (κ2) is 16.6. The van der Waals surface area contributed by atoms with Crippen LogP contribution in [0.2, 0.25) is 0 Å². The highest BCUT2D eigenvalue weighted by atomic mass is 16.3. The Balaban J connectivity index is 0.962. The number of aryl methyl sites for hydroxylation is 1. The van der Waals surface area contributed by atoms with Crippen LogP contribution in [-0.4, -0.2) is 0 Å². The number of para-hydroxylation sites is 5. The summed E-state index contributed by atoms with van der Waals surface area (Å²) in [5.74, 6) is 0. The Morgan fingerprint density at radius 2 is 0.757 bits per heavy atom. The van der Waals surface area contributed by atoms with Crippen molar-refractivity contribution in [2.45, 2.75) is 6.92 Å². The molecular formula is C69H44N2O3. The number of rotatable bonds is 8. The maximum atomic E-state index is 7.29. The summed E-state index contributed by atoms with van der Waals surface area (Å²) >= 11 is 0. The van der Waals surface area contributed by atoms with E-state index >= 15 is 0 Å². The fourth-order valence-corrected chi connectivity index (χ4v) is 11.6. The average Bonchev–Trinajstić information content (AvgIpc) is 4.16. The molecule has 0 saturated carbocycles. The molecule has 0 radical (unpaired) electrons. The molecule has 0 fully saturated rings. The molecule has 0 atom stereocenters. The first-order valence-corrected chi connectivity index (χ1v) is 25.1. The van der Waals surface area contributed by atoms with Gasteiger partial charge in [-0.05, 0) is 119 Å². The Kier molecular flexibility index (Phi) is 9.41. The number of furan rings is 3. The van der Waals surface area contributed by atoms with Crippen molar-refractivity contribution < 1.29 is 13.3 Å². The van der Waals surface area contributed by atoms with Gasteiger partial charge in [-0.2, -0.15) is 0 Å². The molecule has 15 rings (SSSR count). The molecule has 0 saturated heterocycles. The molecule has 0 N–H and O–H groups in total. The van der Waals surface area contributed by atoms with Gasteiger partial charge in [-0.1, -0.05) is 164 Å². The highest BCUT2D eigenvalue weighted by molar-refractivity contribution is 6.31. The largest absolute Gasteiger partial charge is 0.456 e. The molecule has 348 valence electrons. The molecule has 0 aliphatic heterocycles. The van der Waals surface area contributed by atoms with E-state index in [1.54, 1.807) is 0 Å². The minimum Gasteiger partial charge on any atom is -0.456 e. The molecule has 5 heteroatoms. The van der Waals surface area contributed by atoms with Crippen LogP contribution >= 0.6 is 0 Å². The Hall–Kier alpha value is -9.84. The molecule has 74 heavy (non-hydrogen) atoms. The predicted molar refractivity (Wildman–Crippen MR) is 308 cm³/mol. The predicted octanol–water partition coefficient (Wildman–Crippen LogP) is 20.3. The van der Waals surface area contributed by atoms with Crippen molar-refractivity contribution in [2.75, 3.05) is 9.80 Å². The molecule has 0 aliphatic carbocycles. The van der Waals surface area contributed by atoms with Gasteiger partial charge in [0.05, 0.1) is 22.7 Å². The number of nitrogens with zero attached hydrogens (tertiary/aromatic N) is 2. The summed E-state index contributed by atoms with van der Waals surface area (Å²) in [6.45, 7) is 2.22. The normalized spacial score (nSPS) is 11.9. The molecule has 3 heterocycles. The maximum Gasteiger partial charge on any atom is 0.159 e. The van der Waals surface area contributed by atoms with Crippen LogP contribution in [-0.2, 0) is 0 Å².